The van der Waals surface area contributed by atoms with E-state index >= 15 is 0 Å². The number of nitro groups is 1. The van der Waals surface area contributed by atoms with Gasteiger partial charge in [0.2, 0.25) is 0 Å². The van der Waals surface area contributed by atoms with E-state index in [1.807, 2.05) is 13.0 Å². The number of aromatic hydroxyl groups is 1. The van der Waals surface area contributed by atoms with Crippen LogP contribution in [0.1, 0.15) is 15.9 Å². The Morgan fingerprint density at radius 1 is 1.29 bits per heavy atom. The summed E-state index contributed by atoms with van der Waals surface area (Å²) in [6.07, 6.45) is 0. The molecular weight excluding hydrogens is 340 g/mol. The molecule has 6 nitrogen and oxygen atoms in total. The van der Waals surface area contributed by atoms with Crippen molar-refractivity contribution in [3.8, 4) is 5.75 Å². The molecule has 0 aliphatic carbocycles. The van der Waals surface area contributed by atoms with E-state index in [4.69, 9.17) is 0 Å². The minimum absolute atomic E-state index is 0.131. The molecule has 0 unspecified atom stereocenters. The van der Waals surface area contributed by atoms with Crippen molar-refractivity contribution in [1.29, 1.82) is 0 Å². The van der Waals surface area contributed by atoms with Crippen molar-refractivity contribution >= 4 is 33.2 Å². The predicted molar refractivity (Wildman–Crippen MR) is 81.6 cm³/mol. The summed E-state index contributed by atoms with van der Waals surface area (Å²) in [5, 5.41) is 22.8. The number of halogens is 1. The molecule has 108 valence electrons. The van der Waals surface area contributed by atoms with Gasteiger partial charge in [-0.1, -0.05) is 6.07 Å². The van der Waals surface area contributed by atoms with Gasteiger partial charge in [-0.3, -0.25) is 14.9 Å². The summed E-state index contributed by atoms with van der Waals surface area (Å²) in [4.78, 5) is 22.0. The van der Waals surface area contributed by atoms with Gasteiger partial charge in [-0.15, -0.1) is 0 Å². The minimum atomic E-state index is -0.714. The second-order valence-corrected chi connectivity index (χ2v) is 5.25. The maximum atomic E-state index is 12.1. The summed E-state index contributed by atoms with van der Waals surface area (Å²) >= 11 is 3.32. The molecule has 0 heterocycles. The van der Waals surface area contributed by atoms with Crippen LogP contribution in [0.2, 0.25) is 0 Å². The molecule has 0 aliphatic heterocycles. The third-order valence-electron chi connectivity index (χ3n) is 2.80. The predicted octanol–water partition coefficient (Wildman–Crippen LogP) is 3.62. The molecule has 0 radical (unpaired) electrons. The van der Waals surface area contributed by atoms with Gasteiger partial charge < -0.3 is 10.4 Å². The lowest BCUT2D eigenvalue weighted by molar-refractivity contribution is -0.385. The Kier molecular flexibility index (Phi) is 4.23. The Labute approximate surface area is 128 Å². The van der Waals surface area contributed by atoms with E-state index in [9.17, 15) is 20.0 Å². The van der Waals surface area contributed by atoms with Crippen molar-refractivity contribution in [1.82, 2.24) is 0 Å². The number of anilines is 1. The van der Waals surface area contributed by atoms with Crippen LogP contribution in [0.5, 0.6) is 5.75 Å². The van der Waals surface area contributed by atoms with Crippen LogP contribution in [0.25, 0.3) is 0 Å². The Morgan fingerprint density at radius 3 is 2.62 bits per heavy atom. The summed E-state index contributed by atoms with van der Waals surface area (Å²) in [5.41, 5.74) is 1.24. The molecule has 2 rings (SSSR count). The van der Waals surface area contributed by atoms with Crippen molar-refractivity contribution < 1.29 is 14.8 Å². The van der Waals surface area contributed by atoms with E-state index in [1.54, 1.807) is 12.1 Å². The molecule has 0 atom stereocenters. The first kappa shape index (κ1) is 15.0. The van der Waals surface area contributed by atoms with Gasteiger partial charge in [0, 0.05) is 16.1 Å². The van der Waals surface area contributed by atoms with Gasteiger partial charge in [-0.05, 0) is 52.7 Å². The number of aryl methyl sites for hydroxylation is 1. The maximum Gasteiger partial charge on any atom is 0.310 e. The SMILES string of the molecule is Cc1ccc(Br)c(NC(=O)c2ccc([N+](=O)[O-])c(O)c2)c1. The Morgan fingerprint density at radius 2 is 2.00 bits per heavy atom. The Hall–Kier alpha value is -2.41. The van der Waals surface area contributed by atoms with Gasteiger partial charge in [0.05, 0.1) is 10.6 Å². The molecule has 0 spiro atoms. The molecule has 2 N–H and O–H groups in total. The zero-order chi connectivity index (χ0) is 15.6. The lowest BCUT2D eigenvalue weighted by Crippen LogP contribution is -2.12. The van der Waals surface area contributed by atoms with Gasteiger partial charge in [0.15, 0.2) is 5.75 Å². The topological polar surface area (TPSA) is 92.5 Å². The van der Waals surface area contributed by atoms with Crippen LogP contribution >= 0.6 is 15.9 Å². The van der Waals surface area contributed by atoms with Gasteiger partial charge in [0.25, 0.3) is 5.91 Å². The lowest BCUT2D eigenvalue weighted by atomic mass is 10.1. The fourth-order valence-corrected chi connectivity index (χ4v) is 2.09. The number of benzene rings is 2. The smallest absolute Gasteiger partial charge is 0.310 e. The molecule has 0 bridgehead atoms. The number of carbonyl (C=O) groups excluding carboxylic acids is 1. The van der Waals surface area contributed by atoms with Crippen LogP contribution in [0, 0.1) is 17.0 Å². The molecule has 0 aromatic heterocycles. The first-order valence-electron chi connectivity index (χ1n) is 5.93. The Bertz CT molecular complexity index is 731. The minimum Gasteiger partial charge on any atom is -0.502 e. The molecule has 2 aromatic rings. The monoisotopic (exact) mass is 350 g/mol. The van der Waals surface area contributed by atoms with Crippen molar-refractivity contribution in [2.45, 2.75) is 6.92 Å². The second kappa shape index (κ2) is 5.92. The summed E-state index contributed by atoms with van der Waals surface area (Å²) in [6, 6.07) is 8.92. The first-order valence-corrected chi connectivity index (χ1v) is 6.72. The molecule has 2 aromatic carbocycles. The highest BCUT2D eigenvalue weighted by molar-refractivity contribution is 9.10. The number of hydrogen-bond donors (Lipinski definition) is 2. The van der Waals surface area contributed by atoms with Crippen molar-refractivity contribution in [2.75, 3.05) is 5.32 Å². The molecule has 0 fully saturated rings. The lowest BCUT2D eigenvalue weighted by Gasteiger charge is -2.08. The summed E-state index contributed by atoms with van der Waals surface area (Å²) < 4.78 is 0.715. The number of nitrogens with one attached hydrogen (secondary N) is 1. The largest absolute Gasteiger partial charge is 0.502 e. The number of phenolic OH excluding ortho intramolecular Hbond substituents is 1. The van der Waals surface area contributed by atoms with Crippen LogP contribution in [-0.2, 0) is 0 Å². The highest BCUT2D eigenvalue weighted by atomic mass is 79.9. The molecule has 0 saturated carbocycles. The number of amides is 1. The van der Waals surface area contributed by atoms with Crippen molar-refractivity contribution in [3.05, 3.63) is 62.1 Å². The highest BCUT2D eigenvalue weighted by Crippen LogP contribution is 2.28. The molecular formula is C14H11BrN2O4. The van der Waals surface area contributed by atoms with Crippen LogP contribution in [0.3, 0.4) is 0 Å². The van der Waals surface area contributed by atoms with Crippen LogP contribution in [0.15, 0.2) is 40.9 Å². The average molecular weight is 351 g/mol. The fraction of sp³-hybridized carbons (Fsp3) is 0.0714. The molecule has 7 heteroatoms. The van der Waals surface area contributed by atoms with Crippen molar-refractivity contribution in [3.63, 3.8) is 0 Å². The van der Waals surface area contributed by atoms with Gasteiger partial charge in [-0.2, -0.15) is 0 Å². The standard InChI is InChI=1S/C14H11BrN2O4/c1-8-2-4-10(15)11(6-8)16-14(19)9-3-5-12(17(20)21)13(18)7-9/h2-7,18H,1H3,(H,16,19). The third-order valence-corrected chi connectivity index (χ3v) is 3.50. The van der Waals surface area contributed by atoms with E-state index in [0.29, 0.717) is 10.2 Å². The maximum absolute atomic E-state index is 12.1. The van der Waals surface area contributed by atoms with Gasteiger partial charge in [0.1, 0.15) is 0 Å². The molecule has 0 saturated heterocycles. The summed E-state index contributed by atoms with van der Waals surface area (Å²) in [5.74, 6) is -1.01. The number of rotatable bonds is 3. The Balaban J connectivity index is 2.26. The second-order valence-electron chi connectivity index (χ2n) is 4.40. The summed E-state index contributed by atoms with van der Waals surface area (Å²) in [7, 11) is 0. The first-order chi connectivity index (χ1) is 9.88. The quantitative estimate of drug-likeness (QED) is 0.652. The zero-order valence-corrected chi connectivity index (χ0v) is 12.5. The van der Waals surface area contributed by atoms with Crippen LogP contribution in [-0.4, -0.2) is 15.9 Å². The van der Waals surface area contributed by atoms with E-state index in [1.165, 1.54) is 6.07 Å². The van der Waals surface area contributed by atoms with E-state index < -0.39 is 22.3 Å². The number of hydrogen-bond acceptors (Lipinski definition) is 4. The normalized spacial score (nSPS) is 10.2. The van der Waals surface area contributed by atoms with Crippen LogP contribution < -0.4 is 5.32 Å². The molecule has 21 heavy (non-hydrogen) atoms. The summed E-state index contributed by atoms with van der Waals surface area (Å²) in [6.45, 7) is 1.89. The third kappa shape index (κ3) is 3.38. The fourth-order valence-electron chi connectivity index (χ4n) is 1.75. The molecule has 1 amide bonds. The van der Waals surface area contributed by atoms with E-state index in [0.717, 1.165) is 17.7 Å². The van der Waals surface area contributed by atoms with Crippen molar-refractivity contribution in [2.24, 2.45) is 0 Å². The number of carbonyl (C=O) groups is 1. The zero-order valence-electron chi connectivity index (χ0n) is 11.0. The number of nitro benzene ring substituents is 1. The molecule has 0 aliphatic rings. The van der Waals surface area contributed by atoms with E-state index in [2.05, 4.69) is 21.2 Å². The number of nitrogens with zero attached hydrogens (tertiary/aromatic N) is 1. The van der Waals surface area contributed by atoms with Crippen LogP contribution in [0.4, 0.5) is 11.4 Å². The van der Waals surface area contributed by atoms with Gasteiger partial charge in [-0.25, -0.2) is 0 Å². The van der Waals surface area contributed by atoms with E-state index in [-0.39, 0.29) is 5.56 Å². The average Bonchev–Trinajstić information content (AvgIpc) is 2.42. The number of phenols is 1. The van der Waals surface area contributed by atoms with Gasteiger partial charge >= 0.3 is 5.69 Å². The highest BCUT2D eigenvalue weighted by Gasteiger charge is 2.16.